The number of nitrogens with zero attached hydrogens (tertiary/aromatic N) is 1. The van der Waals surface area contributed by atoms with Gasteiger partial charge < -0.3 is 15.0 Å². The van der Waals surface area contributed by atoms with Crippen molar-refractivity contribution < 1.29 is 14.3 Å². The van der Waals surface area contributed by atoms with Crippen LogP contribution < -0.4 is 10.1 Å². The van der Waals surface area contributed by atoms with Gasteiger partial charge in [0.15, 0.2) is 6.61 Å². The minimum atomic E-state index is -0.600. The van der Waals surface area contributed by atoms with Crippen molar-refractivity contribution >= 4 is 27.7 Å². The van der Waals surface area contributed by atoms with Gasteiger partial charge in [-0.25, -0.2) is 0 Å². The van der Waals surface area contributed by atoms with E-state index in [0.717, 1.165) is 22.0 Å². The van der Waals surface area contributed by atoms with E-state index in [0.29, 0.717) is 18.8 Å². The summed E-state index contributed by atoms with van der Waals surface area (Å²) in [4.78, 5) is 27.0. The summed E-state index contributed by atoms with van der Waals surface area (Å²) < 4.78 is 6.57. The highest BCUT2D eigenvalue weighted by Crippen LogP contribution is 2.26. The minimum absolute atomic E-state index is 0.139. The number of hydrogen-bond acceptors (Lipinski definition) is 3. The topological polar surface area (TPSA) is 58.6 Å². The molecule has 0 fully saturated rings. The van der Waals surface area contributed by atoms with Crippen LogP contribution in [0.3, 0.4) is 0 Å². The lowest BCUT2D eigenvalue weighted by Gasteiger charge is -2.28. The summed E-state index contributed by atoms with van der Waals surface area (Å²) in [5.41, 5.74) is 3.27. The van der Waals surface area contributed by atoms with Crippen LogP contribution in [0.25, 0.3) is 0 Å². The molecule has 0 bridgehead atoms. The maximum absolute atomic E-state index is 13.0. The summed E-state index contributed by atoms with van der Waals surface area (Å²) in [6.45, 7) is 8.41. The molecular weight excluding hydrogens is 432 g/mol. The maximum atomic E-state index is 13.0. The molecule has 29 heavy (non-hydrogen) atoms. The van der Waals surface area contributed by atoms with E-state index in [1.165, 1.54) is 5.56 Å². The smallest absolute Gasteiger partial charge is 0.261 e. The number of amides is 2. The van der Waals surface area contributed by atoms with Crippen LogP contribution in [0.15, 0.2) is 46.9 Å². The average molecular weight is 461 g/mol. The first-order chi connectivity index (χ1) is 13.8. The molecule has 0 heterocycles. The Bertz CT molecular complexity index is 854. The molecule has 0 spiro atoms. The number of ether oxygens (including phenoxy) is 1. The van der Waals surface area contributed by atoms with Crippen LogP contribution in [0.2, 0.25) is 0 Å². The number of nitrogens with one attached hydrogen (secondary N) is 1. The number of carbonyl (C=O) groups excluding carboxylic acids is 2. The summed E-state index contributed by atoms with van der Waals surface area (Å²) in [7, 11) is 0. The zero-order valence-corrected chi connectivity index (χ0v) is 19.1. The standard InChI is InChI=1S/C23H29BrN2O3/c1-5-18-10-11-21(20(24)13-18)29-15-22(27)26(17(4)23(28)25-6-2)14-19-9-7-8-16(3)12-19/h7-13,17H,5-6,14-15H2,1-4H3,(H,25,28)/t17-/m1/s1. The lowest BCUT2D eigenvalue weighted by molar-refractivity contribution is -0.142. The molecule has 0 aliphatic carbocycles. The van der Waals surface area contributed by atoms with E-state index in [-0.39, 0.29) is 18.4 Å². The Morgan fingerprint density at radius 1 is 1.14 bits per heavy atom. The lowest BCUT2D eigenvalue weighted by Crippen LogP contribution is -2.49. The molecule has 0 radical (unpaired) electrons. The molecule has 0 aliphatic rings. The van der Waals surface area contributed by atoms with Gasteiger partial charge in [0, 0.05) is 13.1 Å². The molecule has 156 valence electrons. The van der Waals surface area contributed by atoms with Crippen molar-refractivity contribution in [1.29, 1.82) is 0 Å². The third-order valence-corrected chi connectivity index (χ3v) is 5.33. The van der Waals surface area contributed by atoms with Crippen LogP contribution in [0.1, 0.15) is 37.5 Å². The minimum Gasteiger partial charge on any atom is -0.483 e. The number of benzene rings is 2. The van der Waals surface area contributed by atoms with Crippen molar-refractivity contribution in [1.82, 2.24) is 10.2 Å². The van der Waals surface area contributed by atoms with E-state index in [1.807, 2.05) is 56.3 Å². The first-order valence-corrected chi connectivity index (χ1v) is 10.7. The second kappa shape index (κ2) is 11.0. The Labute approximate surface area is 181 Å². The van der Waals surface area contributed by atoms with E-state index in [4.69, 9.17) is 4.74 Å². The lowest BCUT2D eigenvalue weighted by atomic mass is 10.1. The predicted molar refractivity (Wildman–Crippen MR) is 119 cm³/mol. The maximum Gasteiger partial charge on any atom is 0.261 e. The highest BCUT2D eigenvalue weighted by Gasteiger charge is 2.26. The zero-order chi connectivity index (χ0) is 21.4. The summed E-state index contributed by atoms with van der Waals surface area (Å²) >= 11 is 3.50. The van der Waals surface area contributed by atoms with Gasteiger partial charge in [-0.05, 0) is 66.4 Å². The first kappa shape index (κ1) is 22.9. The highest BCUT2D eigenvalue weighted by atomic mass is 79.9. The van der Waals surface area contributed by atoms with Crippen LogP contribution in [-0.2, 0) is 22.6 Å². The van der Waals surface area contributed by atoms with Crippen LogP contribution in [0.4, 0.5) is 0 Å². The molecule has 1 atom stereocenters. The van der Waals surface area contributed by atoms with Gasteiger partial charge in [-0.1, -0.05) is 42.8 Å². The molecule has 5 nitrogen and oxygen atoms in total. The number of likely N-dealkylation sites (N-methyl/N-ethyl adjacent to an activating group) is 1. The first-order valence-electron chi connectivity index (χ1n) is 9.89. The fourth-order valence-electron chi connectivity index (χ4n) is 3.02. The summed E-state index contributed by atoms with van der Waals surface area (Å²) in [5, 5.41) is 2.79. The largest absolute Gasteiger partial charge is 0.483 e. The number of aryl methyl sites for hydroxylation is 2. The van der Waals surface area contributed by atoms with Crippen LogP contribution in [-0.4, -0.2) is 35.9 Å². The molecule has 6 heteroatoms. The van der Waals surface area contributed by atoms with E-state index >= 15 is 0 Å². The fourth-order valence-corrected chi connectivity index (χ4v) is 3.56. The monoisotopic (exact) mass is 460 g/mol. The molecule has 0 aromatic heterocycles. The van der Waals surface area contributed by atoms with Crippen molar-refractivity contribution in [2.45, 2.75) is 46.7 Å². The van der Waals surface area contributed by atoms with Gasteiger partial charge in [0.25, 0.3) is 5.91 Å². The number of rotatable bonds is 9. The molecule has 2 aromatic rings. The van der Waals surface area contributed by atoms with Gasteiger partial charge in [0.2, 0.25) is 5.91 Å². The Balaban J connectivity index is 2.15. The van der Waals surface area contributed by atoms with Crippen molar-refractivity contribution in [3.63, 3.8) is 0 Å². The van der Waals surface area contributed by atoms with Gasteiger partial charge >= 0.3 is 0 Å². The number of halogens is 1. The zero-order valence-electron chi connectivity index (χ0n) is 17.5. The molecule has 0 saturated carbocycles. The predicted octanol–water partition coefficient (Wildman–Crippen LogP) is 4.25. The Hall–Kier alpha value is -2.34. The second-order valence-electron chi connectivity index (χ2n) is 6.99. The van der Waals surface area contributed by atoms with E-state index in [1.54, 1.807) is 11.8 Å². The summed E-state index contributed by atoms with van der Waals surface area (Å²) in [6, 6.07) is 13.2. The number of carbonyl (C=O) groups is 2. The van der Waals surface area contributed by atoms with Crippen molar-refractivity contribution in [3.05, 3.63) is 63.6 Å². The van der Waals surface area contributed by atoms with Crippen molar-refractivity contribution in [2.24, 2.45) is 0 Å². The van der Waals surface area contributed by atoms with E-state index in [2.05, 4.69) is 28.2 Å². The highest BCUT2D eigenvalue weighted by molar-refractivity contribution is 9.10. The third-order valence-electron chi connectivity index (χ3n) is 4.71. The summed E-state index contributed by atoms with van der Waals surface area (Å²) in [6.07, 6.45) is 0.923. The second-order valence-corrected chi connectivity index (χ2v) is 7.84. The van der Waals surface area contributed by atoms with Gasteiger partial charge in [-0.3, -0.25) is 9.59 Å². The average Bonchev–Trinajstić information content (AvgIpc) is 2.70. The van der Waals surface area contributed by atoms with E-state index < -0.39 is 6.04 Å². The van der Waals surface area contributed by atoms with E-state index in [9.17, 15) is 9.59 Å². The van der Waals surface area contributed by atoms with Gasteiger partial charge in [-0.15, -0.1) is 0 Å². The normalized spacial score (nSPS) is 11.6. The van der Waals surface area contributed by atoms with Crippen LogP contribution in [0, 0.1) is 6.92 Å². The quantitative estimate of drug-likeness (QED) is 0.608. The van der Waals surface area contributed by atoms with Crippen molar-refractivity contribution in [2.75, 3.05) is 13.2 Å². The Morgan fingerprint density at radius 3 is 2.52 bits per heavy atom. The van der Waals surface area contributed by atoms with Crippen molar-refractivity contribution in [3.8, 4) is 5.75 Å². The molecular formula is C23H29BrN2O3. The van der Waals surface area contributed by atoms with Crippen LogP contribution >= 0.6 is 15.9 Å². The molecule has 2 aromatic carbocycles. The Morgan fingerprint density at radius 2 is 1.90 bits per heavy atom. The molecule has 0 aliphatic heterocycles. The SMILES string of the molecule is CCNC(=O)[C@@H](C)N(Cc1cccc(C)c1)C(=O)COc1ccc(CC)cc1Br. The molecule has 0 saturated heterocycles. The molecule has 0 unspecified atom stereocenters. The Kier molecular flexibility index (Phi) is 8.70. The summed E-state index contributed by atoms with van der Waals surface area (Å²) in [5.74, 6) is 0.190. The van der Waals surface area contributed by atoms with Gasteiger partial charge in [0.05, 0.1) is 4.47 Å². The fraction of sp³-hybridized carbons (Fsp3) is 0.391. The third kappa shape index (κ3) is 6.60. The molecule has 1 N–H and O–H groups in total. The van der Waals surface area contributed by atoms with Crippen LogP contribution in [0.5, 0.6) is 5.75 Å². The van der Waals surface area contributed by atoms with Gasteiger partial charge in [0.1, 0.15) is 11.8 Å². The molecule has 2 rings (SSSR count). The number of hydrogen-bond donors (Lipinski definition) is 1. The van der Waals surface area contributed by atoms with Gasteiger partial charge in [-0.2, -0.15) is 0 Å². The molecule has 2 amide bonds.